The van der Waals surface area contributed by atoms with Gasteiger partial charge >= 0.3 is 6.18 Å². The Labute approximate surface area is 97.0 Å². The molecular formula is C11H13F3N2O. The number of carbonyl (C=O) groups is 1. The van der Waals surface area contributed by atoms with E-state index in [-0.39, 0.29) is 19.0 Å². The van der Waals surface area contributed by atoms with E-state index in [9.17, 15) is 18.0 Å². The summed E-state index contributed by atoms with van der Waals surface area (Å²) in [5, 5.41) is 5.16. The van der Waals surface area contributed by atoms with E-state index >= 15 is 0 Å². The van der Waals surface area contributed by atoms with Gasteiger partial charge in [-0.05, 0) is 24.7 Å². The lowest BCUT2D eigenvalue weighted by molar-refractivity contribution is -0.137. The number of halogens is 3. The van der Waals surface area contributed by atoms with E-state index in [1.807, 2.05) is 0 Å². The summed E-state index contributed by atoms with van der Waals surface area (Å²) in [6.45, 7) is 0.226. The second-order valence-corrected chi connectivity index (χ2v) is 3.51. The zero-order chi connectivity index (χ0) is 12.9. The van der Waals surface area contributed by atoms with Crippen LogP contribution in [0.1, 0.15) is 11.1 Å². The Morgan fingerprint density at radius 1 is 1.35 bits per heavy atom. The highest BCUT2D eigenvalue weighted by molar-refractivity contribution is 5.77. The van der Waals surface area contributed by atoms with E-state index in [4.69, 9.17) is 0 Å². The Balaban J connectivity index is 2.64. The number of benzene rings is 1. The number of hydrogen-bond acceptors (Lipinski definition) is 2. The van der Waals surface area contributed by atoms with Gasteiger partial charge in [-0.3, -0.25) is 4.79 Å². The van der Waals surface area contributed by atoms with Crippen molar-refractivity contribution in [1.29, 1.82) is 0 Å². The molecule has 0 heterocycles. The monoisotopic (exact) mass is 246 g/mol. The molecule has 0 radical (unpaired) electrons. The number of alkyl halides is 3. The molecule has 0 aliphatic carbocycles. The standard InChI is InChI=1S/C11H13F3N2O/c1-15-7-10(17)16-6-8-3-2-4-9(5-8)11(12,13)14/h2-5,15H,6-7H2,1H3,(H,16,17). The van der Waals surface area contributed by atoms with Crippen LogP contribution in [0.3, 0.4) is 0 Å². The van der Waals surface area contributed by atoms with Gasteiger partial charge in [0.15, 0.2) is 0 Å². The fourth-order valence-corrected chi connectivity index (χ4v) is 1.28. The highest BCUT2D eigenvalue weighted by atomic mass is 19.4. The average Bonchev–Trinajstić information content (AvgIpc) is 2.26. The fraction of sp³-hybridized carbons (Fsp3) is 0.364. The molecule has 0 atom stereocenters. The second-order valence-electron chi connectivity index (χ2n) is 3.51. The first-order valence-electron chi connectivity index (χ1n) is 5.01. The molecule has 0 aliphatic heterocycles. The highest BCUT2D eigenvalue weighted by Gasteiger charge is 2.30. The van der Waals surface area contributed by atoms with Gasteiger partial charge in [-0.25, -0.2) is 0 Å². The third-order valence-corrected chi connectivity index (χ3v) is 2.08. The van der Waals surface area contributed by atoms with Crippen molar-refractivity contribution in [2.24, 2.45) is 0 Å². The van der Waals surface area contributed by atoms with Crippen LogP contribution in [0.5, 0.6) is 0 Å². The molecule has 0 saturated heterocycles. The van der Waals surface area contributed by atoms with Crippen LogP contribution >= 0.6 is 0 Å². The van der Waals surface area contributed by atoms with Crippen molar-refractivity contribution in [3.63, 3.8) is 0 Å². The lowest BCUT2D eigenvalue weighted by atomic mass is 10.1. The van der Waals surface area contributed by atoms with E-state index in [0.717, 1.165) is 12.1 Å². The van der Waals surface area contributed by atoms with Gasteiger partial charge in [0.05, 0.1) is 12.1 Å². The lowest BCUT2D eigenvalue weighted by Crippen LogP contribution is -2.31. The second kappa shape index (κ2) is 5.67. The van der Waals surface area contributed by atoms with E-state index in [0.29, 0.717) is 5.56 Å². The SMILES string of the molecule is CNCC(=O)NCc1cccc(C(F)(F)F)c1. The highest BCUT2D eigenvalue weighted by Crippen LogP contribution is 2.29. The number of amides is 1. The van der Waals surface area contributed by atoms with Crippen LogP contribution in [-0.2, 0) is 17.5 Å². The molecule has 0 aliphatic rings. The van der Waals surface area contributed by atoms with Gasteiger partial charge in [0.25, 0.3) is 0 Å². The van der Waals surface area contributed by atoms with Gasteiger partial charge in [0.1, 0.15) is 0 Å². The first-order valence-corrected chi connectivity index (χ1v) is 5.01. The zero-order valence-electron chi connectivity index (χ0n) is 9.27. The summed E-state index contributed by atoms with van der Waals surface area (Å²) >= 11 is 0. The predicted octanol–water partition coefficient (Wildman–Crippen LogP) is 1.54. The molecule has 1 aromatic rings. The molecule has 0 bridgehead atoms. The molecule has 0 aromatic heterocycles. The first kappa shape index (κ1) is 13.5. The number of nitrogens with one attached hydrogen (secondary N) is 2. The normalized spacial score (nSPS) is 11.3. The Morgan fingerprint density at radius 3 is 2.65 bits per heavy atom. The van der Waals surface area contributed by atoms with E-state index in [1.165, 1.54) is 12.1 Å². The Hall–Kier alpha value is -1.56. The van der Waals surface area contributed by atoms with Gasteiger partial charge in [0, 0.05) is 6.54 Å². The molecule has 1 amide bonds. The summed E-state index contributed by atoms with van der Waals surface area (Å²) in [6, 6.07) is 4.88. The zero-order valence-corrected chi connectivity index (χ0v) is 9.27. The summed E-state index contributed by atoms with van der Waals surface area (Å²) in [6.07, 6.45) is -4.36. The minimum absolute atomic E-state index is 0.0877. The van der Waals surface area contributed by atoms with Gasteiger partial charge in [-0.1, -0.05) is 12.1 Å². The lowest BCUT2D eigenvalue weighted by Gasteiger charge is -2.09. The fourth-order valence-electron chi connectivity index (χ4n) is 1.28. The molecule has 94 valence electrons. The third-order valence-electron chi connectivity index (χ3n) is 2.08. The van der Waals surface area contributed by atoms with Gasteiger partial charge in [0.2, 0.25) is 5.91 Å². The largest absolute Gasteiger partial charge is 0.416 e. The van der Waals surface area contributed by atoms with Crippen molar-refractivity contribution in [3.8, 4) is 0 Å². The van der Waals surface area contributed by atoms with Crippen molar-refractivity contribution in [2.75, 3.05) is 13.6 Å². The van der Waals surface area contributed by atoms with Crippen molar-refractivity contribution in [2.45, 2.75) is 12.7 Å². The Morgan fingerprint density at radius 2 is 2.06 bits per heavy atom. The van der Waals surface area contributed by atoms with Crippen LogP contribution < -0.4 is 10.6 Å². The molecule has 6 heteroatoms. The number of rotatable bonds is 4. The summed E-state index contributed by atoms with van der Waals surface area (Å²) in [5.74, 6) is -0.259. The van der Waals surface area contributed by atoms with Crippen molar-refractivity contribution in [1.82, 2.24) is 10.6 Å². The maximum atomic E-state index is 12.4. The molecule has 0 saturated carbocycles. The Kier molecular flexibility index (Phi) is 4.51. The molecule has 17 heavy (non-hydrogen) atoms. The number of likely N-dealkylation sites (N-methyl/N-ethyl adjacent to an activating group) is 1. The summed E-state index contributed by atoms with van der Waals surface area (Å²) < 4.78 is 37.2. The quantitative estimate of drug-likeness (QED) is 0.846. The molecule has 1 rings (SSSR count). The molecule has 0 spiro atoms. The topological polar surface area (TPSA) is 41.1 Å². The van der Waals surface area contributed by atoms with Crippen LogP contribution in [0.4, 0.5) is 13.2 Å². The van der Waals surface area contributed by atoms with Crippen molar-refractivity contribution < 1.29 is 18.0 Å². The van der Waals surface area contributed by atoms with Crippen LogP contribution in [-0.4, -0.2) is 19.5 Å². The average molecular weight is 246 g/mol. The summed E-state index contributed by atoms with van der Waals surface area (Å²) in [5.41, 5.74) is -0.290. The minimum atomic E-state index is -4.36. The molecular weight excluding hydrogens is 233 g/mol. The van der Waals surface area contributed by atoms with Crippen LogP contribution in [0.2, 0.25) is 0 Å². The smallest absolute Gasteiger partial charge is 0.351 e. The van der Waals surface area contributed by atoms with Gasteiger partial charge in [-0.2, -0.15) is 13.2 Å². The van der Waals surface area contributed by atoms with Crippen molar-refractivity contribution >= 4 is 5.91 Å². The van der Waals surface area contributed by atoms with E-state index in [2.05, 4.69) is 10.6 Å². The molecule has 0 unspecified atom stereocenters. The maximum Gasteiger partial charge on any atom is 0.416 e. The number of hydrogen-bond donors (Lipinski definition) is 2. The molecule has 2 N–H and O–H groups in total. The van der Waals surface area contributed by atoms with Gasteiger partial charge < -0.3 is 10.6 Å². The molecule has 1 aromatic carbocycles. The maximum absolute atomic E-state index is 12.4. The van der Waals surface area contributed by atoms with E-state index in [1.54, 1.807) is 7.05 Å². The minimum Gasteiger partial charge on any atom is -0.351 e. The van der Waals surface area contributed by atoms with E-state index < -0.39 is 11.7 Å². The van der Waals surface area contributed by atoms with Crippen molar-refractivity contribution in [3.05, 3.63) is 35.4 Å². The number of carbonyl (C=O) groups excluding carboxylic acids is 1. The summed E-state index contributed by atoms with van der Waals surface area (Å²) in [4.78, 5) is 11.1. The molecule has 0 fully saturated rings. The first-order chi connectivity index (χ1) is 7.93. The summed E-state index contributed by atoms with van der Waals surface area (Å²) in [7, 11) is 1.61. The third kappa shape index (κ3) is 4.44. The van der Waals surface area contributed by atoms with Crippen LogP contribution in [0, 0.1) is 0 Å². The van der Waals surface area contributed by atoms with Crippen LogP contribution in [0.15, 0.2) is 24.3 Å². The Bertz CT molecular complexity index is 391. The van der Waals surface area contributed by atoms with Gasteiger partial charge in [-0.15, -0.1) is 0 Å². The molecule has 3 nitrogen and oxygen atoms in total. The predicted molar refractivity (Wildman–Crippen MR) is 57.2 cm³/mol. The van der Waals surface area contributed by atoms with Crippen LogP contribution in [0.25, 0.3) is 0 Å².